The zero-order valence-corrected chi connectivity index (χ0v) is 13.6. The van der Waals surface area contributed by atoms with Crippen molar-refractivity contribution in [3.8, 4) is 5.75 Å². The van der Waals surface area contributed by atoms with Gasteiger partial charge in [-0.1, -0.05) is 6.07 Å². The summed E-state index contributed by atoms with van der Waals surface area (Å²) in [5.74, 6) is 0.113. The topological polar surface area (TPSA) is 71.8 Å². The van der Waals surface area contributed by atoms with Gasteiger partial charge >= 0.3 is 6.03 Å². The fourth-order valence-electron chi connectivity index (χ4n) is 2.70. The highest BCUT2D eigenvalue weighted by Crippen LogP contribution is 2.31. The summed E-state index contributed by atoms with van der Waals surface area (Å²) in [5, 5.41) is 2.64. The van der Waals surface area contributed by atoms with E-state index in [1.165, 1.54) is 19.2 Å². The van der Waals surface area contributed by atoms with E-state index < -0.39 is 23.3 Å². The van der Waals surface area contributed by atoms with Crippen LogP contribution in [0.1, 0.15) is 24.0 Å². The van der Waals surface area contributed by atoms with Gasteiger partial charge in [0.25, 0.3) is 5.91 Å². The monoisotopic (exact) mass is 332 g/mol. The Morgan fingerprint density at radius 2 is 2.04 bits per heavy atom. The molecule has 0 radical (unpaired) electrons. The Bertz CT molecular complexity index is 817. The highest BCUT2D eigenvalue weighted by molar-refractivity contribution is 6.06. The molecule has 1 aromatic carbocycles. The van der Waals surface area contributed by atoms with Gasteiger partial charge in [-0.2, -0.15) is 0 Å². The van der Waals surface area contributed by atoms with Crippen LogP contribution >= 0.6 is 0 Å². The summed E-state index contributed by atoms with van der Waals surface area (Å²) in [4.78, 5) is 26.0. The van der Waals surface area contributed by atoms with Crippen molar-refractivity contribution in [3.05, 3.63) is 53.2 Å². The molecule has 0 saturated carbocycles. The highest BCUT2D eigenvalue weighted by Gasteiger charge is 2.51. The van der Waals surface area contributed by atoms with Crippen molar-refractivity contribution in [2.45, 2.75) is 25.9 Å². The van der Waals surface area contributed by atoms with E-state index in [-0.39, 0.29) is 12.3 Å². The van der Waals surface area contributed by atoms with Crippen LogP contribution in [0.2, 0.25) is 0 Å². The minimum atomic E-state index is -1.27. The molecule has 1 fully saturated rings. The minimum absolute atomic E-state index is 0.0408. The number of ether oxygens (including phenoxy) is 1. The Morgan fingerprint density at radius 1 is 1.29 bits per heavy atom. The second-order valence-corrected chi connectivity index (χ2v) is 5.83. The largest absolute Gasteiger partial charge is 0.494 e. The number of benzene rings is 1. The molecule has 1 aliphatic rings. The molecule has 1 N–H and O–H groups in total. The Labute approximate surface area is 138 Å². The van der Waals surface area contributed by atoms with Crippen molar-refractivity contribution < 1.29 is 23.1 Å². The fourth-order valence-corrected chi connectivity index (χ4v) is 2.70. The average Bonchev–Trinajstić information content (AvgIpc) is 3.06. The lowest BCUT2D eigenvalue weighted by atomic mass is 9.99. The zero-order valence-electron chi connectivity index (χ0n) is 13.6. The highest BCUT2D eigenvalue weighted by atomic mass is 19.1. The number of hydrogen-bond acceptors (Lipinski definition) is 4. The Balaban J connectivity index is 1.86. The summed E-state index contributed by atoms with van der Waals surface area (Å²) in [6.07, 6.45) is 0. The molecule has 1 atom stereocenters. The maximum atomic E-state index is 13.8. The first-order chi connectivity index (χ1) is 11.3. The van der Waals surface area contributed by atoms with E-state index in [9.17, 15) is 14.0 Å². The Hall–Kier alpha value is -2.83. The maximum Gasteiger partial charge on any atom is 0.325 e. The number of methoxy groups -OCH3 is 1. The maximum absolute atomic E-state index is 13.8. The molecule has 1 saturated heterocycles. The number of imide groups is 1. The molecule has 126 valence electrons. The van der Waals surface area contributed by atoms with E-state index in [2.05, 4.69) is 5.32 Å². The molecule has 3 amide bonds. The lowest BCUT2D eigenvalue weighted by molar-refractivity contribution is -0.132. The third-order valence-corrected chi connectivity index (χ3v) is 4.07. The first kappa shape index (κ1) is 16.0. The van der Waals surface area contributed by atoms with Crippen LogP contribution in [0.3, 0.4) is 0 Å². The number of rotatable bonds is 4. The van der Waals surface area contributed by atoms with Gasteiger partial charge in [-0.05, 0) is 43.7 Å². The van der Waals surface area contributed by atoms with Crippen molar-refractivity contribution in [1.82, 2.24) is 10.2 Å². The first-order valence-electron chi connectivity index (χ1n) is 7.38. The summed E-state index contributed by atoms with van der Waals surface area (Å²) < 4.78 is 24.2. The van der Waals surface area contributed by atoms with Crippen molar-refractivity contribution in [3.63, 3.8) is 0 Å². The van der Waals surface area contributed by atoms with E-state index >= 15 is 0 Å². The molecule has 3 rings (SSSR count). The number of halogens is 1. The van der Waals surface area contributed by atoms with Gasteiger partial charge in [0.15, 0.2) is 17.1 Å². The molecule has 0 bridgehead atoms. The number of amides is 3. The predicted molar refractivity (Wildman–Crippen MR) is 82.8 cm³/mol. The molecule has 1 aromatic heterocycles. The number of furan rings is 1. The van der Waals surface area contributed by atoms with Crippen LogP contribution in [-0.2, 0) is 16.9 Å². The predicted octanol–water partition coefficient (Wildman–Crippen LogP) is 2.70. The number of nitrogens with one attached hydrogen (secondary N) is 1. The van der Waals surface area contributed by atoms with Crippen molar-refractivity contribution >= 4 is 11.9 Å². The number of carbonyl (C=O) groups excluding carboxylic acids is 2. The normalized spacial score (nSPS) is 20.4. The fraction of sp³-hybridized carbons (Fsp3) is 0.294. The number of nitrogens with zero attached hydrogens (tertiary/aromatic N) is 1. The number of hydrogen-bond donors (Lipinski definition) is 1. The van der Waals surface area contributed by atoms with E-state index in [4.69, 9.17) is 9.15 Å². The molecule has 7 heteroatoms. The first-order valence-corrected chi connectivity index (χ1v) is 7.38. The van der Waals surface area contributed by atoms with Gasteiger partial charge in [0.1, 0.15) is 11.5 Å². The summed E-state index contributed by atoms with van der Waals surface area (Å²) in [6, 6.07) is 7.14. The quantitative estimate of drug-likeness (QED) is 0.874. The zero-order chi connectivity index (χ0) is 17.5. The molecule has 2 aromatic rings. The van der Waals surface area contributed by atoms with Crippen molar-refractivity contribution in [2.24, 2.45) is 0 Å². The summed E-state index contributed by atoms with van der Waals surface area (Å²) in [6.45, 7) is 3.30. The van der Waals surface area contributed by atoms with Crippen LogP contribution in [-0.4, -0.2) is 23.9 Å². The van der Waals surface area contributed by atoms with E-state index in [1.54, 1.807) is 32.0 Å². The SMILES string of the molecule is COc1ccc(CN2C(=O)N[C@](C)(c3ccc(C)o3)C2=O)cc1F. The third kappa shape index (κ3) is 2.51. The molecule has 1 aliphatic heterocycles. The summed E-state index contributed by atoms with van der Waals surface area (Å²) >= 11 is 0. The lowest BCUT2D eigenvalue weighted by Crippen LogP contribution is -2.40. The summed E-state index contributed by atoms with van der Waals surface area (Å²) in [7, 11) is 1.37. The number of aryl methyl sites for hydroxylation is 1. The van der Waals surface area contributed by atoms with Gasteiger partial charge in [0.2, 0.25) is 0 Å². The van der Waals surface area contributed by atoms with Crippen LogP contribution < -0.4 is 10.1 Å². The van der Waals surface area contributed by atoms with Crippen molar-refractivity contribution in [1.29, 1.82) is 0 Å². The van der Waals surface area contributed by atoms with E-state index in [1.807, 2.05) is 0 Å². The van der Waals surface area contributed by atoms with Crippen LogP contribution in [0.5, 0.6) is 5.75 Å². The van der Waals surface area contributed by atoms with Gasteiger partial charge in [-0.25, -0.2) is 9.18 Å². The van der Waals surface area contributed by atoms with E-state index in [0.717, 1.165) is 4.90 Å². The average molecular weight is 332 g/mol. The van der Waals surface area contributed by atoms with Gasteiger partial charge in [0.05, 0.1) is 13.7 Å². The number of urea groups is 1. The third-order valence-electron chi connectivity index (χ3n) is 4.07. The lowest BCUT2D eigenvalue weighted by Gasteiger charge is -2.19. The van der Waals surface area contributed by atoms with Crippen LogP contribution in [0.15, 0.2) is 34.7 Å². The number of carbonyl (C=O) groups is 2. The summed E-state index contributed by atoms with van der Waals surface area (Å²) in [5.41, 5.74) is -0.784. The molecular weight excluding hydrogens is 315 g/mol. The van der Waals surface area contributed by atoms with Gasteiger partial charge < -0.3 is 14.5 Å². The van der Waals surface area contributed by atoms with Gasteiger partial charge in [-0.15, -0.1) is 0 Å². The van der Waals surface area contributed by atoms with Crippen molar-refractivity contribution in [2.75, 3.05) is 7.11 Å². The molecular formula is C17H17FN2O4. The molecule has 24 heavy (non-hydrogen) atoms. The van der Waals surface area contributed by atoms with Crippen LogP contribution in [0.4, 0.5) is 9.18 Å². The minimum Gasteiger partial charge on any atom is -0.494 e. The second-order valence-electron chi connectivity index (χ2n) is 5.83. The van der Waals surface area contributed by atoms with E-state index in [0.29, 0.717) is 17.1 Å². The Kier molecular flexibility index (Phi) is 3.79. The molecule has 0 unspecified atom stereocenters. The second kappa shape index (κ2) is 5.67. The van der Waals surface area contributed by atoms with Gasteiger partial charge in [0, 0.05) is 0 Å². The molecule has 0 spiro atoms. The van der Waals surface area contributed by atoms with Crippen LogP contribution in [0, 0.1) is 12.7 Å². The molecule has 6 nitrogen and oxygen atoms in total. The van der Waals surface area contributed by atoms with Crippen LogP contribution in [0.25, 0.3) is 0 Å². The smallest absolute Gasteiger partial charge is 0.325 e. The Morgan fingerprint density at radius 3 is 2.62 bits per heavy atom. The standard InChI is InChI=1S/C17H17FN2O4/c1-10-4-7-14(24-10)17(2)15(21)20(16(22)19-17)9-11-5-6-13(23-3)12(18)8-11/h4-8H,9H2,1-3H3,(H,19,22)/t17-/m1/s1. The molecule has 2 heterocycles. The molecule has 0 aliphatic carbocycles. The van der Waals surface area contributed by atoms with Gasteiger partial charge in [-0.3, -0.25) is 9.69 Å².